The fourth-order valence-corrected chi connectivity index (χ4v) is 7.03. The average molecular weight is 751 g/mol. The highest BCUT2D eigenvalue weighted by molar-refractivity contribution is 6.00. The third-order valence-electron chi connectivity index (χ3n) is 9.98. The first-order valence-corrected chi connectivity index (χ1v) is 18.7. The number of nitrogens with zero attached hydrogens (tertiary/aromatic N) is 5. The Morgan fingerprint density at radius 2 is 1.62 bits per heavy atom. The molecule has 3 aromatic carbocycles. The number of piperazine rings is 1. The molecule has 1 atom stereocenters. The summed E-state index contributed by atoms with van der Waals surface area (Å²) >= 11 is 0. The molecule has 55 heavy (non-hydrogen) atoms. The summed E-state index contributed by atoms with van der Waals surface area (Å²) in [4.78, 5) is 40.9. The monoisotopic (exact) mass is 750 g/mol. The van der Waals surface area contributed by atoms with Gasteiger partial charge in [0.05, 0.1) is 36.7 Å². The SMILES string of the molecule is Nc1nnc(-c2ccccc2O)cc1N1CCN(c2ccc(CNCCOCCOCCCc3ccc4c(c3)oc(=O)n4C3CCC(=O)NC3=O)cc2)CC1. The van der Waals surface area contributed by atoms with E-state index in [4.69, 9.17) is 19.6 Å². The Labute approximate surface area is 318 Å². The largest absolute Gasteiger partial charge is 0.507 e. The van der Waals surface area contributed by atoms with E-state index >= 15 is 0 Å². The van der Waals surface area contributed by atoms with Crippen molar-refractivity contribution in [3.63, 3.8) is 0 Å². The third-order valence-corrected chi connectivity index (χ3v) is 9.98. The van der Waals surface area contributed by atoms with E-state index in [9.17, 15) is 19.5 Å². The van der Waals surface area contributed by atoms with Crippen molar-refractivity contribution in [3.05, 3.63) is 94.5 Å². The van der Waals surface area contributed by atoms with Crippen LogP contribution in [0.25, 0.3) is 22.4 Å². The summed E-state index contributed by atoms with van der Waals surface area (Å²) < 4.78 is 18.2. The van der Waals surface area contributed by atoms with Gasteiger partial charge in [0, 0.05) is 63.5 Å². The first-order valence-electron chi connectivity index (χ1n) is 18.7. The Morgan fingerprint density at radius 1 is 0.873 bits per heavy atom. The number of benzene rings is 3. The average Bonchev–Trinajstić information content (AvgIpc) is 3.52. The number of piperidine rings is 1. The van der Waals surface area contributed by atoms with Crippen molar-refractivity contribution in [2.75, 3.05) is 74.7 Å². The molecule has 0 bridgehead atoms. The number of aryl methyl sites for hydroxylation is 1. The number of fused-ring (bicyclic) bond motifs is 1. The summed E-state index contributed by atoms with van der Waals surface area (Å²) in [6.07, 6.45) is 1.99. The maximum absolute atomic E-state index is 12.5. The van der Waals surface area contributed by atoms with Gasteiger partial charge in [-0.1, -0.05) is 30.3 Å². The van der Waals surface area contributed by atoms with E-state index in [1.807, 2.05) is 30.3 Å². The van der Waals surface area contributed by atoms with Crippen molar-refractivity contribution in [1.82, 2.24) is 25.4 Å². The number of imide groups is 1. The number of aromatic nitrogens is 3. The molecule has 2 aliphatic rings. The molecule has 0 aliphatic carbocycles. The van der Waals surface area contributed by atoms with Crippen LogP contribution in [-0.4, -0.2) is 90.8 Å². The van der Waals surface area contributed by atoms with Crippen LogP contribution >= 0.6 is 0 Å². The number of rotatable bonds is 16. The van der Waals surface area contributed by atoms with E-state index in [1.165, 1.54) is 15.8 Å². The number of ether oxygens (including phenoxy) is 2. The van der Waals surface area contributed by atoms with Crippen LogP contribution in [0.4, 0.5) is 17.2 Å². The quantitative estimate of drug-likeness (QED) is 0.0849. The third kappa shape index (κ3) is 9.13. The molecule has 0 saturated carbocycles. The number of phenolic OH excluding ortho intramolecular Hbond substituents is 1. The van der Waals surface area contributed by atoms with Crippen LogP contribution < -0.4 is 31.9 Å². The maximum Gasteiger partial charge on any atom is 0.420 e. The summed E-state index contributed by atoms with van der Waals surface area (Å²) in [6.45, 7) is 6.91. The fraction of sp³-hybridized carbons (Fsp3) is 0.375. The molecule has 2 saturated heterocycles. The second-order valence-corrected chi connectivity index (χ2v) is 13.7. The zero-order chi connectivity index (χ0) is 38.1. The minimum absolute atomic E-state index is 0.159. The van der Waals surface area contributed by atoms with Gasteiger partial charge in [-0.05, 0) is 72.9 Å². The van der Waals surface area contributed by atoms with Crippen LogP contribution in [0.3, 0.4) is 0 Å². The fourth-order valence-electron chi connectivity index (χ4n) is 7.03. The van der Waals surface area contributed by atoms with E-state index in [0.717, 1.165) is 63.4 Å². The van der Waals surface area contributed by atoms with E-state index in [1.54, 1.807) is 18.2 Å². The number of hydrogen-bond acceptors (Lipinski definition) is 13. The number of anilines is 3. The highest BCUT2D eigenvalue weighted by Crippen LogP contribution is 2.32. The predicted octanol–water partition coefficient (Wildman–Crippen LogP) is 3.40. The summed E-state index contributed by atoms with van der Waals surface area (Å²) in [5, 5.41) is 24.4. The number of phenols is 1. The number of aromatic hydroxyl groups is 1. The van der Waals surface area contributed by atoms with Crippen molar-refractivity contribution in [2.45, 2.75) is 38.3 Å². The minimum atomic E-state index is -0.755. The van der Waals surface area contributed by atoms with E-state index < -0.39 is 17.7 Å². The minimum Gasteiger partial charge on any atom is -0.507 e. The molecule has 2 aromatic heterocycles. The summed E-state index contributed by atoms with van der Waals surface area (Å²) in [7, 11) is 0. The zero-order valence-electron chi connectivity index (χ0n) is 30.6. The second kappa shape index (κ2) is 17.6. The van der Waals surface area contributed by atoms with Crippen molar-refractivity contribution in [2.24, 2.45) is 0 Å². The van der Waals surface area contributed by atoms with Gasteiger partial charge < -0.3 is 39.8 Å². The normalized spacial score (nSPS) is 16.2. The maximum atomic E-state index is 12.5. The zero-order valence-corrected chi connectivity index (χ0v) is 30.6. The predicted molar refractivity (Wildman–Crippen MR) is 208 cm³/mol. The first kappa shape index (κ1) is 37.5. The van der Waals surface area contributed by atoms with Crippen LogP contribution in [0, 0.1) is 0 Å². The van der Waals surface area contributed by atoms with Crippen LogP contribution in [0.2, 0.25) is 0 Å². The van der Waals surface area contributed by atoms with Crippen molar-refractivity contribution < 1.29 is 28.6 Å². The molecule has 0 radical (unpaired) electrons. The number of para-hydroxylation sites is 1. The molecule has 5 aromatic rings. The molecule has 2 aliphatic heterocycles. The molecule has 1 unspecified atom stereocenters. The Morgan fingerprint density at radius 3 is 2.40 bits per heavy atom. The summed E-state index contributed by atoms with van der Waals surface area (Å²) in [5.74, 6) is -0.881. The lowest BCUT2D eigenvalue weighted by atomic mass is 10.1. The van der Waals surface area contributed by atoms with Gasteiger partial charge in [0.25, 0.3) is 0 Å². The lowest BCUT2D eigenvalue weighted by molar-refractivity contribution is -0.135. The Balaban J connectivity index is 0.749. The Kier molecular flexibility index (Phi) is 12.0. The number of nitrogens with one attached hydrogen (secondary N) is 2. The molecular weight excluding hydrogens is 704 g/mol. The van der Waals surface area contributed by atoms with Crippen LogP contribution in [0.1, 0.15) is 36.4 Å². The summed E-state index contributed by atoms with van der Waals surface area (Å²) in [5.41, 5.74) is 12.6. The second-order valence-electron chi connectivity index (χ2n) is 13.7. The first-order chi connectivity index (χ1) is 26.8. The Bertz CT molecular complexity index is 2160. The van der Waals surface area contributed by atoms with Crippen molar-refractivity contribution >= 4 is 40.1 Å². The Hall–Kier alpha value is -5.77. The number of nitrogens with two attached hydrogens (primary N) is 1. The molecule has 2 amide bonds. The number of oxazole rings is 1. The number of carbonyl (C=O) groups excluding carboxylic acids is 2. The molecule has 15 nitrogen and oxygen atoms in total. The topological polar surface area (TPSA) is 190 Å². The van der Waals surface area contributed by atoms with Crippen molar-refractivity contribution in [3.8, 4) is 17.0 Å². The molecule has 15 heteroatoms. The van der Waals surface area contributed by atoms with Gasteiger partial charge in [-0.15, -0.1) is 10.2 Å². The number of hydrogen-bond donors (Lipinski definition) is 4. The lowest BCUT2D eigenvalue weighted by Gasteiger charge is -2.37. The van der Waals surface area contributed by atoms with E-state index in [-0.39, 0.29) is 24.5 Å². The summed E-state index contributed by atoms with van der Waals surface area (Å²) in [6, 6.07) is 22.4. The van der Waals surface area contributed by atoms with Crippen LogP contribution in [-0.2, 0) is 32.0 Å². The molecule has 4 heterocycles. The number of amides is 2. The number of carbonyl (C=O) groups is 2. The molecule has 7 rings (SSSR count). The van der Waals surface area contributed by atoms with Crippen molar-refractivity contribution in [1.29, 1.82) is 0 Å². The van der Waals surface area contributed by atoms with Gasteiger partial charge >= 0.3 is 5.76 Å². The van der Waals surface area contributed by atoms with Gasteiger partial charge in [-0.25, -0.2) is 4.79 Å². The highest BCUT2D eigenvalue weighted by atomic mass is 16.5. The van der Waals surface area contributed by atoms with E-state index in [0.29, 0.717) is 54.6 Å². The number of nitrogen functional groups attached to an aromatic ring is 1. The molecule has 5 N–H and O–H groups in total. The van der Waals surface area contributed by atoms with Gasteiger partial charge in [-0.2, -0.15) is 0 Å². The van der Waals surface area contributed by atoms with Gasteiger partial charge in [0.15, 0.2) is 11.4 Å². The molecule has 288 valence electrons. The van der Waals surface area contributed by atoms with Gasteiger partial charge in [-0.3, -0.25) is 19.5 Å². The molecular formula is C40H46N8O7. The van der Waals surface area contributed by atoms with Crippen LogP contribution in [0.15, 0.2) is 82.0 Å². The van der Waals surface area contributed by atoms with Gasteiger partial charge in [0.1, 0.15) is 11.8 Å². The lowest BCUT2D eigenvalue weighted by Crippen LogP contribution is -2.46. The van der Waals surface area contributed by atoms with E-state index in [2.05, 4.69) is 54.9 Å². The molecule has 0 spiro atoms. The molecule has 2 fully saturated rings. The smallest absolute Gasteiger partial charge is 0.420 e. The standard InChI is InChI=1S/C40H46N8O7/c41-38-34(25-31(44-45-38)30-5-1-2-6-35(30)49)47-18-16-46(17-19-47)29-10-7-28(8-11-29)26-42-15-21-54-23-22-53-20-3-4-27-9-12-32-36(24-27)55-40(52)48(32)33-13-14-37(50)43-39(33)51/h1-2,5-12,24-25,33,42,49H,3-4,13-23,26H2,(H2,41,45)(H,43,50,51). The highest BCUT2D eigenvalue weighted by Gasteiger charge is 2.31. The van der Waals surface area contributed by atoms with Gasteiger partial charge in [0.2, 0.25) is 11.8 Å². The van der Waals surface area contributed by atoms with Crippen LogP contribution in [0.5, 0.6) is 5.75 Å².